The molecule has 1 aromatic rings. The molecule has 6 nitrogen and oxygen atoms in total. The molecule has 4 rings (SSSR count). The number of rotatable bonds is 3. The van der Waals surface area contributed by atoms with Gasteiger partial charge in [0.1, 0.15) is 0 Å². The summed E-state index contributed by atoms with van der Waals surface area (Å²) < 4.78 is 0. The van der Waals surface area contributed by atoms with Gasteiger partial charge < -0.3 is 15.1 Å². The lowest BCUT2D eigenvalue weighted by molar-refractivity contribution is -0.137. The molecule has 1 N–H and O–H groups in total. The molecule has 3 amide bonds. The Labute approximate surface area is 166 Å². The van der Waals surface area contributed by atoms with Crippen LogP contribution < -0.4 is 5.32 Å². The minimum atomic E-state index is -0.230. The zero-order valence-electron chi connectivity index (χ0n) is 16.7. The van der Waals surface area contributed by atoms with Crippen molar-refractivity contribution in [1.82, 2.24) is 15.1 Å². The fourth-order valence-corrected chi connectivity index (χ4v) is 5.83. The second kappa shape index (κ2) is 7.22. The van der Waals surface area contributed by atoms with Gasteiger partial charge in [0.2, 0.25) is 11.8 Å². The van der Waals surface area contributed by atoms with Crippen molar-refractivity contribution in [2.45, 2.75) is 64.1 Å². The largest absolute Gasteiger partial charge is 0.343 e. The van der Waals surface area contributed by atoms with Crippen LogP contribution in [0.4, 0.5) is 0 Å². The van der Waals surface area contributed by atoms with Crippen LogP contribution in [0.25, 0.3) is 0 Å². The molecule has 28 heavy (non-hydrogen) atoms. The maximum absolute atomic E-state index is 13.2. The Bertz CT molecular complexity index is 780. The standard InChI is InChI=1S/C22H29N3O3/c1-15(26)24-14-17-12-22(2)18(24)10-6-7-11-19(22)25(17)20(27)13-23-21(28)16-8-4-3-5-9-16/h3-5,8-9,17-19H,6-7,10-14H2,1-2H3,(H,23,28)/t17-,18+,19-,22+/m0/s1. The Morgan fingerprint density at radius 3 is 2.46 bits per heavy atom. The van der Waals surface area contributed by atoms with Gasteiger partial charge in [-0.3, -0.25) is 14.4 Å². The van der Waals surface area contributed by atoms with Gasteiger partial charge in [-0.1, -0.05) is 38.0 Å². The average Bonchev–Trinajstić information content (AvgIpc) is 2.80. The molecule has 2 bridgehead atoms. The molecule has 1 saturated carbocycles. The molecule has 2 aliphatic heterocycles. The number of piperidine rings is 1. The molecule has 1 aliphatic carbocycles. The van der Waals surface area contributed by atoms with Crippen molar-refractivity contribution in [3.05, 3.63) is 35.9 Å². The zero-order chi connectivity index (χ0) is 19.9. The third-order valence-corrected chi connectivity index (χ3v) is 7.04. The van der Waals surface area contributed by atoms with Crippen molar-refractivity contribution in [3.63, 3.8) is 0 Å². The number of carbonyl (C=O) groups excluding carboxylic acids is 3. The molecule has 2 heterocycles. The Hall–Kier alpha value is -2.37. The molecule has 0 unspecified atom stereocenters. The van der Waals surface area contributed by atoms with E-state index < -0.39 is 0 Å². The summed E-state index contributed by atoms with van der Waals surface area (Å²) in [6.07, 6.45) is 5.12. The van der Waals surface area contributed by atoms with Crippen LogP contribution in [0, 0.1) is 5.41 Å². The van der Waals surface area contributed by atoms with Crippen LogP contribution in [0.5, 0.6) is 0 Å². The molecular weight excluding hydrogens is 354 g/mol. The Kier molecular flexibility index (Phi) is 4.89. The molecular formula is C22H29N3O3. The first kappa shape index (κ1) is 19.0. The van der Waals surface area contributed by atoms with Gasteiger partial charge in [0.05, 0.1) is 12.6 Å². The number of amides is 3. The van der Waals surface area contributed by atoms with E-state index >= 15 is 0 Å². The lowest BCUT2D eigenvalue weighted by atomic mass is 9.71. The van der Waals surface area contributed by atoms with Gasteiger partial charge in [-0.2, -0.15) is 0 Å². The van der Waals surface area contributed by atoms with Crippen LogP contribution in [0.1, 0.15) is 56.3 Å². The summed E-state index contributed by atoms with van der Waals surface area (Å²) in [6, 6.07) is 9.37. The summed E-state index contributed by atoms with van der Waals surface area (Å²) in [4.78, 5) is 41.8. The normalized spacial score (nSPS) is 31.3. The fraction of sp³-hybridized carbons (Fsp3) is 0.591. The van der Waals surface area contributed by atoms with Crippen molar-refractivity contribution < 1.29 is 14.4 Å². The van der Waals surface area contributed by atoms with E-state index in [1.54, 1.807) is 19.1 Å². The third-order valence-electron chi connectivity index (χ3n) is 7.04. The van der Waals surface area contributed by atoms with Gasteiger partial charge in [0, 0.05) is 36.5 Å². The zero-order valence-corrected chi connectivity index (χ0v) is 16.7. The highest BCUT2D eigenvalue weighted by Gasteiger charge is 2.60. The quantitative estimate of drug-likeness (QED) is 0.870. The van der Waals surface area contributed by atoms with Gasteiger partial charge in [0.25, 0.3) is 5.91 Å². The molecule has 0 aromatic heterocycles. The fourth-order valence-electron chi connectivity index (χ4n) is 5.83. The molecule has 2 saturated heterocycles. The molecule has 6 heteroatoms. The van der Waals surface area contributed by atoms with E-state index in [0.29, 0.717) is 12.1 Å². The number of nitrogens with one attached hydrogen (secondary N) is 1. The molecule has 0 radical (unpaired) electrons. The molecule has 150 valence electrons. The predicted octanol–water partition coefficient (Wildman–Crippen LogP) is 2.20. The van der Waals surface area contributed by atoms with Crippen molar-refractivity contribution in [3.8, 4) is 0 Å². The van der Waals surface area contributed by atoms with Crippen molar-refractivity contribution in [2.24, 2.45) is 5.41 Å². The van der Waals surface area contributed by atoms with Crippen LogP contribution in [0.15, 0.2) is 30.3 Å². The molecule has 3 fully saturated rings. The van der Waals surface area contributed by atoms with Gasteiger partial charge in [-0.05, 0) is 31.4 Å². The highest BCUT2D eigenvalue weighted by Crippen LogP contribution is 2.53. The van der Waals surface area contributed by atoms with Gasteiger partial charge >= 0.3 is 0 Å². The third kappa shape index (κ3) is 3.09. The first-order valence-electron chi connectivity index (χ1n) is 10.3. The highest BCUT2D eigenvalue weighted by molar-refractivity contribution is 5.96. The number of hydrogen-bond donors (Lipinski definition) is 1. The number of nitrogens with zero attached hydrogens (tertiary/aromatic N) is 2. The Balaban J connectivity index is 1.52. The van der Waals surface area contributed by atoms with Gasteiger partial charge in [0.15, 0.2) is 0 Å². The van der Waals surface area contributed by atoms with E-state index in [1.165, 1.54) is 0 Å². The highest BCUT2D eigenvalue weighted by atomic mass is 16.2. The van der Waals surface area contributed by atoms with E-state index in [-0.39, 0.29) is 47.8 Å². The van der Waals surface area contributed by atoms with Crippen LogP contribution >= 0.6 is 0 Å². The number of benzene rings is 1. The second-order valence-corrected chi connectivity index (χ2v) is 8.70. The monoisotopic (exact) mass is 383 g/mol. The van der Waals surface area contributed by atoms with E-state index in [4.69, 9.17) is 0 Å². The minimum Gasteiger partial charge on any atom is -0.343 e. The van der Waals surface area contributed by atoms with Crippen LogP contribution in [0.3, 0.4) is 0 Å². The van der Waals surface area contributed by atoms with Crippen molar-refractivity contribution in [2.75, 3.05) is 13.1 Å². The number of fused-ring (bicyclic) bond motifs is 1. The maximum Gasteiger partial charge on any atom is 0.251 e. The topological polar surface area (TPSA) is 69.7 Å². The number of hydrogen-bond acceptors (Lipinski definition) is 3. The summed E-state index contributed by atoms with van der Waals surface area (Å²) in [7, 11) is 0. The van der Waals surface area contributed by atoms with Crippen molar-refractivity contribution in [1.29, 1.82) is 0 Å². The van der Waals surface area contributed by atoms with E-state index in [2.05, 4.69) is 12.2 Å². The SMILES string of the molecule is CC(=O)N1C[C@@H]2C[C@@]3(C)[C@H](CCCC[C@@H]13)N2C(=O)CNC(=O)c1ccccc1. The maximum atomic E-state index is 13.2. The minimum absolute atomic E-state index is 0.00153. The van der Waals surface area contributed by atoms with E-state index in [1.807, 2.05) is 28.0 Å². The van der Waals surface area contributed by atoms with Gasteiger partial charge in [-0.15, -0.1) is 0 Å². The van der Waals surface area contributed by atoms with Gasteiger partial charge in [-0.25, -0.2) is 0 Å². The molecule has 1 aromatic carbocycles. The first-order chi connectivity index (χ1) is 13.4. The van der Waals surface area contributed by atoms with Crippen LogP contribution in [-0.4, -0.2) is 58.7 Å². The molecule has 0 spiro atoms. The number of likely N-dealkylation sites (tertiary alicyclic amines) is 2. The van der Waals surface area contributed by atoms with Crippen molar-refractivity contribution >= 4 is 17.7 Å². The summed E-state index contributed by atoms with van der Waals surface area (Å²) >= 11 is 0. The smallest absolute Gasteiger partial charge is 0.251 e. The van der Waals surface area contributed by atoms with Crippen LogP contribution in [-0.2, 0) is 9.59 Å². The predicted molar refractivity (Wildman–Crippen MR) is 106 cm³/mol. The first-order valence-corrected chi connectivity index (χ1v) is 10.3. The van der Waals surface area contributed by atoms with E-state index in [0.717, 1.165) is 32.1 Å². The summed E-state index contributed by atoms with van der Waals surface area (Å²) in [5.74, 6) is -0.159. The average molecular weight is 383 g/mol. The Morgan fingerprint density at radius 2 is 1.79 bits per heavy atom. The molecule has 4 atom stereocenters. The Morgan fingerprint density at radius 1 is 1.11 bits per heavy atom. The summed E-state index contributed by atoms with van der Waals surface area (Å²) in [5.41, 5.74) is 0.504. The van der Waals surface area contributed by atoms with E-state index in [9.17, 15) is 14.4 Å². The molecule has 3 aliphatic rings. The second-order valence-electron chi connectivity index (χ2n) is 8.70. The lowest BCUT2D eigenvalue weighted by Gasteiger charge is -2.46. The number of carbonyl (C=O) groups is 3. The van der Waals surface area contributed by atoms with Crippen LogP contribution in [0.2, 0.25) is 0 Å². The summed E-state index contributed by atoms with van der Waals surface area (Å²) in [6.45, 7) is 4.51. The lowest BCUT2D eigenvalue weighted by Crippen LogP contribution is -2.55. The summed E-state index contributed by atoms with van der Waals surface area (Å²) in [5, 5.41) is 2.78.